The molecule has 0 spiro atoms. The standard InChI is InChI=1S/C14H18N4/c1-11-3-2-4-12(9-11)5-7-16-13-6-8-17-14(10-13)18-15/h2-4,6,8-10H,5,7,15H2,1H3,(H2,16,17,18). The van der Waals surface area contributed by atoms with Gasteiger partial charge in [0.25, 0.3) is 0 Å². The summed E-state index contributed by atoms with van der Waals surface area (Å²) in [5, 5.41) is 3.35. The highest BCUT2D eigenvalue weighted by atomic mass is 15.2. The fourth-order valence-corrected chi connectivity index (χ4v) is 1.84. The van der Waals surface area contributed by atoms with Gasteiger partial charge in [0.15, 0.2) is 0 Å². The number of anilines is 2. The summed E-state index contributed by atoms with van der Waals surface area (Å²) in [5.41, 5.74) is 6.19. The molecule has 4 nitrogen and oxygen atoms in total. The molecule has 0 radical (unpaired) electrons. The maximum atomic E-state index is 5.31. The Morgan fingerprint density at radius 1 is 1.22 bits per heavy atom. The second-order valence-corrected chi connectivity index (χ2v) is 4.24. The summed E-state index contributed by atoms with van der Waals surface area (Å²) in [5.74, 6) is 5.98. The number of aromatic nitrogens is 1. The van der Waals surface area contributed by atoms with E-state index in [1.165, 1.54) is 11.1 Å². The van der Waals surface area contributed by atoms with Gasteiger partial charge < -0.3 is 10.7 Å². The first-order chi connectivity index (χ1) is 8.78. The molecule has 0 bridgehead atoms. The molecule has 2 rings (SSSR count). The molecule has 0 aliphatic rings. The number of nitrogen functional groups attached to an aromatic ring is 1. The van der Waals surface area contributed by atoms with Gasteiger partial charge in [0.05, 0.1) is 0 Å². The van der Waals surface area contributed by atoms with E-state index in [1.807, 2.05) is 12.1 Å². The van der Waals surface area contributed by atoms with Crippen LogP contribution in [0.2, 0.25) is 0 Å². The van der Waals surface area contributed by atoms with Crippen molar-refractivity contribution in [2.45, 2.75) is 13.3 Å². The summed E-state index contributed by atoms with van der Waals surface area (Å²) in [4.78, 5) is 4.06. The quantitative estimate of drug-likeness (QED) is 0.556. The van der Waals surface area contributed by atoms with E-state index in [4.69, 9.17) is 5.84 Å². The molecular formula is C14H18N4. The normalized spacial score (nSPS) is 10.1. The number of aryl methyl sites for hydroxylation is 1. The zero-order valence-corrected chi connectivity index (χ0v) is 10.5. The van der Waals surface area contributed by atoms with Crippen molar-refractivity contribution in [3.8, 4) is 0 Å². The first-order valence-corrected chi connectivity index (χ1v) is 6.00. The van der Waals surface area contributed by atoms with Gasteiger partial charge in [0.1, 0.15) is 5.82 Å². The van der Waals surface area contributed by atoms with E-state index < -0.39 is 0 Å². The number of benzene rings is 1. The third-order valence-electron chi connectivity index (χ3n) is 2.73. The van der Waals surface area contributed by atoms with Crippen molar-refractivity contribution in [2.75, 3.05) is 17.3 Å². The van der Waals surface area contributed by atoms with Crippen molar-refractivity contribution in [3.05, 3.63) is 53.7 Å². The fraction of sp³-hybridized carbons (Fsp3) is 0.214. The highest BCUT2D eigenvalue weighted by Crippen LogP contribution is 2.11. The van der Waals surface area contributed by atoms with Gasteiger partial charge >= 0.3 is 0 Å². The van der Waals surface area contributed by atoms with Gasteiger partial charge in [-0.25, -0.2) is 10.8 Å². The monoisotopic (exact) mass is 242 g/mol. The minimum Gasteiger partial charge on any atom is -0.385 e. The Morgan fingerprint density at radius 2 is 2.11 bits per heavy atom. The second kappa shape index (κ2) is 6.02. The van der Waals surface area contributed by atoms with Crippen LogP contribution in [0.1, 0.15) is 11.1 Å². The third-order valence-corrected chi connectivity index (χ3v) is 2.73. The number of hydrogen-bond acceptors (Lipinski definition) is 4. The highest BCUT2D eigenvalue weighted by molar-refractivity contribution is 5.51. The molecule has 2 aromatic rings. The molecule has 0 saturated carbocycles. The Balaban J connectivity index is 1.88. The van der Waals surface area contributed by atoms with E-state index in [1.54, 1.807) is 6.20 Å². The van der Waals surface area contributed by atoms with E-state index in [2.05, 4.69) is 46.9 Å². The zero-order chi connectivity index (χ0) is 12.8. The minimum atomic E-state index is 0.663. The molecule has 0 atom stereocenters. The molecule has 94 valence electrons. The topological polar surface area (TPSA) is 63.0 Å². The average Bonchev–Trinajstić information content (AvgIpc) is 2.39. The average molecular weight is 242 g/mol. The van der Waals surface area contributed by atoms with Crippen LogP contribution in [-0.2, 0) is 6.42 Å². The van der Waals surface area contributed by atoms with Crippen molar-refractivity contribution in [1.82, 2.24) is 4.98 Å². The van der Waals surface area contributed by atoms with Crippen LogP contribution in [0.3, 0.4) is 0 Å². The van der Waals surface area contributed by atoms with Gasteiger partial charge in [0, 0.05) is 24.5 Å². The molecule has 1 heterocycles. The summed E-state index contributed by atoms with van der Waals surface area (Å²) < 4.78 is 0. The zero-order valence-electron chi connectivity index (χ0n) is 10.5. The number of hydrazine groups is 1. The molecule has 0 aliphatic heterocycles. The van der Waals surface area contributed by atoms with Crippen molar-refractivity contribution in [3.63, 3.8) is 0 Å². The van der Waals surface area contributed by atoms with Crippen molar-refractivity contribution >= 4 is 11.5 Å². The van der Waals surface area contributed by atoms with Gasteiger partial charge in [-0.2, -0.15) is 0 Å². The van der Waals surface area contributed by atoms with E-state index in [9.17, 15) is 0 Å². The molecule has 0 saturated heterocycles. The van der Waals surface area contributed by atoms with Crippen molar-refractivity contribution in [1.29, 1.82) is 0 Å². The number of pyridine rings is 1. The highest BCUT2D eigenvalue weighted by Gasteiger charge is 1.96. The van der Waals surface area contributed by atoms with Crippen LogP contribution in [0, 0.1) is 6.92 Å². The lowest BCUT2D eigenvalue weighted by Gasteiger charge is -2.08. The third kappa shape index (κ3) is 3.46. The lowest BCUT2D eigenvalue weighted by Crippen LogP contribution is -2.10. The Hall–Kier alpha value is -2.07. The van der Waals surface area contributed by atoms with Crippen LogP contribution in [0.15, 0.2) is 42.6 Å². The maximum absolute atomic E-state index is 5.31. The Morgan fingerprint density at radius 3 is 2.89 bits per heavy atom. The fourth-order valence-electron chi connectivity index (χ4n) is 1.84. The van der Waals surface area contributed by atoms with Gasteiger partial charge in [-0.15, -0.1) is 0 Å². The minimum absolute atomic E-state index is 0.663. The van der Waals surface area contributed by atoms with Crippen LogP contribution in [0.4, 0.5) is 11.5 Å². The molecule has 4 heteroatoms. The smallest absolute Gasteiger partial charge is 0.141 e. The van der Waals surface area contributed by atoms with Crippen LogP contribution in [-0.4, -0.2) is 11.5 Å². The number of nitrogens with zero attached hydrogens (tertiary/aromatic N) is 1. The van der Waals surface area contributed by atoms with E-state index in [0.717, 1.165) is 18.7 Å². The molecule has 1 aromatic heterocycles. The largest absolute Gasteiger partial charge is 0.385 e. The molecule has 0 aliphatic carbocycles. The summed E-state index contributed by atoms with van der Waals surface area (Å²) in [6.45, 7) is 3.00. The SMILES string of the molecule is Cc1cccc(CCNc2ccnc(NN)c2)c1. The summed E-state index contributed by atoms with van der Waals surface area (Å²) in [7, 11) is 0. The summed E-state index contributed by atoms with van der Waals surface area (Å²) in [6, 6.07) is 12.4. The molecule has 18 heavy (non-hydrogen) atoms. The Labute approximate surface area is 107 Å². The molecular weight excluding hydrogens is 224 g/mol. The van der Waals surface area contributed by atoms with E-state index in [0.29, 0.717) is 5.82 Å². The molecule has 4 N–H and O–H groups in total. The molecule has 0 unspecified atom stereocenters. The number of nitrogens with two attached hydrogens (primary N) is 1. The van der Waals surface area contributed by atoms with Gasteiger partial charge in [0.2, 0.25) is 0 Å². The van der Waals surface area contributed by atoms with Crippen LogP contribution in [0.25, 0.3) is 0 Å². The maximum Gasteiger partial charge on any atom is 0.141 e. The summed E-state index contributed by atoms with van der Waals surface area (Å²) in [6.07, 6.45) is 2.72. The second-order valence-electron chi connectivity index (χ2n) is 4.24. The van der Waals surface area contributed by atoms with E-state index in [-0.39, 0.29) is 0 Å². The van der Waals surface area contributed by atoms with Gasteiger partial charge in [-0.05, 0) is 25.0 Å². The first kappa shape index (κ1) is 12.4. The molecule has 0 fully saturated rings. The van der Waals surface area contributed by atoms with Gasteiger partial charge in [-0.1, -0.05) is 29.8 Å². The number of nitrogens with one attached hydrogen (secondary N) is 2. The van der Waals surface area contributed by atoms with E-state index >= 15 is 0 Å². The molecule has 0 amide bonds. The predicted molar refractivity (Wildman–Crippen MR) is 75.4 cm³/mol. The first-order valence-electron chi connectivity index (χ1n) is 6.00. The molecule has 1 aromatic carbocycles. The predicted octanol–water partition coefficient (Wildman–Crippen LogP) is 2.33. The Kier molecular flexibility index (Phi) is 4.15. The summed E-state index contributed by atoms with van der Waals surface area (Å²) >= 11 is 0. The van der Waals surface area contributed by atoms with Crippen LogP contribution < -0.4 is 16.6 Å². The van der Waals surface area contributed by atoms with Crippen molar-refractivity contribution in [2.24, 2.45) is 5.84 Å². The Bertz CT molecular complexity index is 511. The number of hydrogen-bond donors (Lipinski definition) is 3. The lowest BCUT2D eigenvalue weighted by atomic mass is 10.1. The van der Waals surface area contributed by atoms with Crippen LogP contribution in [0.5, 0.6) is 0 Å². The lowest BCUT2D eigenvalue weighted by molar-refractivity contribution is 1.01. The van der Waals surface area contributed by atoms with Crippen molar-refractivity contribution < 1.29 is 0 Å². The number of rotatable bonds is 5. The van der Waals surface area contributed by atoms with Crippen LogP contribution >= 0.6 is 0 Å². The van der Waals surface area contributed by atoms with Gasteiger partial charge in [-0.3, -0.25) is 0 Å².